The number of likely N-dealkylation sites (tertiary alicyclic amines) is 1. The molecule has 0 radical (unpaired) electrons. The molecule has 1 heterocycles. The molecule has 6 heteroatoms. The van der Waals surface area contributed by atoms with E-state index in [4.69, 9.17) is 5.73 Å². The molecule has 0 aromatic heterocycles. The summed E-state index contributed by atoms with van der Waals surface area (Å²) in [5, 5.41) is 0. The molecule has 0 bridgehead atoms. The topological polar surface area (TPSA) is 75.4 Å². The van der Waals surface area contributed by atoms with Crippen molar-refractivity contribution in [3.8, 4) is 0 Å². The number of nitrogens with two attached hydrogens (primary N) is 1. The summed E-state index contributed by atoms with van der Waals surface area (Å²) in [7, 11) is -3.44. The third kappa shape index (κ3) is 4.51. The van der Waals surface area contributed by atoms with Crippen LogP contribution in [0.1, 0.15) is 30.4 Å². The summed E-state index contributed by atoms with van der Waals surface area (Å²) < 4.78 is 27.2. The Morgan fingerprint density at radius 2 is 1.95 bits per heavy atom. The molecule has 118 valence electrons. The molecular formula is C15H25N3O2S. The highest BCUT2D eigenvalue weighted by Crippen LogP contribution is 2.15. The van der Waals surface area contributed by atoms with E-state index in [0.29, 0.717) is 18.0 Å². The number of rotatable bonds is 6. The van der Waals surface area contributed by atoms with Gasteiger partial charge in [0.1, 0.15) is 0 Å². The Kier molecular flexibility index (Phi) is 5.75. The van der Waals surface area contributed by atoms with Gasteiger partial charge in [0.2, 0.25) is 10.0 Å². The summed E-state index contributed by atoms with van der Waals surface area (Å²) in [4.78, 5) is 2.61. The van der Waals surface area contributed by atoms with Gasteiger partial charge in [0.25, 0.3) is 0 Å². The highest BCUT2D eigenvalue weighted by molar-refractivity contribution is 7.89. The predicted octanol–water partition coefficient (Wildman–Crippen LogP) is 1.22. The van der Waals surface area contributed by atoms with E-state index in [2.05, 4.69) is 9.62 Å². The molecule has 0 spiro atoms. The summed E-state index contributed by atoms with van der Waals surface area (Å²) >= 11 is 0. The molecule has 0 amide bonds. The Morgan fingerprint density at radius 3 is 2.62 bits per heavy atom. The lowest BCUT2D eigenvalue weighted by molar-refractivity contribution is 0.233. The monoisotopic (exact) mass is 311 g/mol. The maximum Gasteiger partial charge on any atom is 0.240 e. The second-order valence-corrected chi connectivity index (χ2v) is 7.36. The van der Waals surface area contributed by atoms with Crippen LogP contribution in [0.15, 0.2) is 23.1 Å². The Balaban J connectivity index is 1.94. The minimum Gasteiger partial charge on any atom is -0.326 e. The van der Waals surface area contributed by atoms with Crippen molar-refractivity contribution in [2.45, 2.75) is 37.6 Å². The Morgan fingerprint density at radius 1 is 1.24 bits per heavy atom. The smallest absolute Gasteiger partial charge is 0.240 e. The maximum atomic E-state index is 12.3. The van der Waals surface area contributed by atoms with Crippen molar-refractivity contribution >= 4 is 10.0 Å². The van der Waals surface area contributed by atoms with Gasteiger partial charge in [-0.25, -0.2) is 13.1 Å². The van der Waals surface area contributed by atoms with Crippen molar-refractivity contribution < 1.29 is 8.42 Å². The number of nitrogens with one attached hydrogen (secondary N) is 1. The number of piperidine rings is 1. The van der Waals surface area contributed by atoms with Gasteiger partial charge in [-0.3, -0.25) is 0 Å². The van der Waals surface area contributed by atoms with Gasteiger partial charge in [0, 0.05) is 19.6 Å². The van der Waals surface area contributed by atoms with Gasteiger partial charge in [-0.2, -0.15) is 0 Å². The molecule has 1 aromatic rings. The predicted molar refractivity (Wildman–Crippen MR) is 84.5 cm³/mol. The molecule has 0 unspecified atom stereocenters. The molecular weight excluding hydrogens is 286 g/mol. The normalized spacial score (nSPS) is 17.0. The molecule has 5 nitrogen and oxygen atoms in total. The zero-order chi connectivity index (χ0) is 15.3. The van der Waals surface area contributed by atoms with Crippen molar-refractivity contribution in [1.29, 1.82) is 0 Å². The third-order valence-corrected chi connectivity index (χ3v) is 5.48. The van der Waals surface area contributed by atoms with Crippen LogP contribution in [-0.2, 0) is 16.6 Å². The van der Waals surface area contributed by atoms with Crippen molar-refractivity contribution in [2.75, 3.05) is 26.2 Å². The highest BCUT2D eigenvalue weighted by atomic mass is 32.2. The van der Waals surface area contributed by atoms with Crippen molar-refractivity contribution in [2.24, 2.45) is 5.73 Å². The minimum absolute atomic E-state index is 0.298. The molecule has 3 N–H and O–H groups in total. The molecule has 1 aliphatic rings. The van der Waals surface area contributed by atoms with E-state index < -0.39 is 10.0 Å². The third-order valence-electron chi connectivity index (χ3n) is 4.02. The summed E-state index contributed by atoms with van der Waals surface area (Å²) in [6.07, 6.45) is 3.71. The van der Waals surface area contributed by atoms with Crippen LogP contribution in [0.2, 0.25) is 0 Å². The van der Waals surface area contributed by atoms with Gasteiger partial charge < -0.3 is 10.6 Å². The van der Waals surface area contributed by atoms with E-state index in [1.165, 1.54) is 19.3 Å². The number of nitrogens with zero attached hydrogens (tertiary/aromatic N) is 1. The van der Waals surface area contributed by atoms with Crippen LogP contribution in [0.3, 0.4) is 0 Å². The molecule has 1 aliphatic heterocycles. The van der Waals surface area contributed by atoms with Gasteiger partial charge in [-0.1, -0.05) is 12.5 Å². The van der Waals surface area contributed by atoms with E-state index in [1.54, 1.807) is 18.2 Å². The van der Waals surface area contributed by atoms with Gasteiger partial charge >= 0.3 is 0 Å². The fourth-order valence-electron chi connectivity index (χ4n) is 2.64. The van der Waals surface area contributed by atoms with Gasteiger partial charge in [-0.15, -0.1) is 0 Å². The average molecular weight is 311 g/mol. The number of aryl methyl sites for hydroxylation is 1. The fraction of sp³-hybridized carbons (Fsp3) is 0.600. The van der Waals surface area contributed by atoms with Crippen molar-refractivity contribution in [1.82, 2.24) is 9.62 Å². The van der Waals surface area contributed by atoms with Gasteiger partial charge in [-0.05, 0) is 56.1 Å². The zero-order valence-corrected chi connectivity index (χ0v) is 13.5. The van der Waals surface area contributed by atoms with E-state index in [9.17, 15) is 8.42 Å². The number of benzene rings is 1. The van der Waals surface area contributed by atoms with E-state index >= 15 is 0 Å². The van der Waals surface area contributed by atoms with Crippen molar-refractivity contribution in [3.63, 3.8) is 0 Å². The van der Waals surface area contributed by atoms with E-state index in [-0.39, 0.29) is 0 Å². The fourth-order valence-corrected chi connectivity index (χ4v) is 3.71. The van der Waals surface area contributed by atoms with Gasteiger partial charge in [0.15, 0.2) is 0 Å². The molecule has 2 rings (SSSR count). The van der Waals surface area contributed by atoms with Crippen LogP contribution in [0.4, 0.5) is 0 Å². The lowest BCUT2D eigenvalue weighted by Gasteiger charge is -2.26. The minimum atomic E-state index is -3.44. The zero-order valence-electron chi connectivity index (χ0n) is 12.6. The molecule has 1 saturated heterocycles. The van der Waals surface area contributed by atoms with E-state index in [1.807, 2.05) is 6.92 Å². The van der Waals surface area contributed by atoms with Crippen LogP contribution < -0.4 is 10.5 Å². The van der Waals surface area contributed by atoms with Gasteiger partial charge in [0.05, 0.1) is 4.90 Å². The molecule has 1 aromatic carbocycles. The molecule has 1 fully saturated rings. The van der Waals surface area contributed by atoms with Crippen LogP contribution in [0.25, 0.3) is 0 Å². The summed E-state index contributed by atoms with van der Waals surface area (Å²) in [6.45, 7) is 5.65. The molecule has 0 aliphatic carbocycles. The first kappa shape index (κ1) is 16.4. The number of hydrogen-bond acceptors (Lipinski definition) is 4. The quantitative estimate of drug-likeness (QED) is 0.828. The summed E-state index contributed by atoms with van der Waals surface area (Å²) in [5.41, 5.74) is 7.53. The molecule has 21 heavy (non-hydrogen) atoms. The summed E-state index contributed by atoms with van der Waals surface area (Å²) in [6, 6.07) is 5.11. The standard InChI is InChI=1S/C15H25N3O2S/c1-13-5-6-15(11-14(13)12-16)21(19,20)17-7-10-18-8-3-2-4-9-18/h5-6,11,17H,2-4,7-10,12,16H2,1H3. The van der Waals surface area contributed by atoms with Crippen LogP contribution in [0, 0.1) is 6.92 Å². The number of hydrogen-bond donors (Lipinski definition) is 2. The first-order valence-electron chi connectivity index (χ1n) is 7.54. The first-order chi connectivity index (χ1) is 10.0. The second kappa shape index (κ2) is 7.35. The Bertz CT molecular complexity index is 566. The van der Waals surface area contributed by atoms with Crippen LogP contribution in [-0.4, -0.2) is 39.5 Å². The van der Waals surface area contributed by atoms with E-state index in [0.717, 1.165) is 30.8 Å². The average Bonchev–Trinajstić information content (AvgIpc) is 2.48. The second-order valence-electron chi connectivity index (χ2n) is 5.59. The van der Waals surface area contributed by atoms with Crippen LogP contribution >= 0.6 is 0 Å². The SMILES string of the molecule is Cc1ccc(S(=O)(=O)NCCN2CCCCC2)cc1CN. The number of sulfonamides is 1. The molecule has 0 atom stereocenters. The van der Waals surface area contributed by atoms with Crippen LogP contribution in [0.5, 0.6) is 0 Å². The largest absolute Gasteiger partial charge is 0.326 e. The maximum absolute atomic E-state index is 12.3. The highest BCUT2D eigenvalue weighted by Gasteiger charge is 2.16. The summed E-state index contributed by atoms with van der Waals surface area (Å²) in [5.74, 6) is 0. The van der Waals surface area contributed by atoms with Crippen molar-refractivity contribution in [3.05, 3.63) is 29.3 Å². The lowest BCUT2D eigenvalue weighted by Crippen LogP contribution is -2.37. The Labute approximate surface area is 127 Å². The first-order valence-corrected chi connectivity index (χ1v) is 9.03. The Hall–Kier alpha value is -0.950. The lowest BCUT2D eigenvalue weighted by atomic mass is 10.1. The molecule has 0 saturated carbocycles.